The van der Waals surface area contributed by atoms with E-state index in [1.54, 1.807) is 13.0 Å². The zero-order valence-electron chi connectivity index (χ0n) is 6.01. The lowest BCUT2D eigenvalue weighted by Crippen LogP contribution is -2.35. The molecule has 0 aromatic rings. The SMILES string of the molecule is CCC(C)(C#N)C(=O)NO. The maximum Gasteiger partial charge on any atom is 0.263 e. The third-order valence-electron chi connectivity index (χ3n) is 1.56. The van der Waals surface area contributed by atoms with Gasteiger partial charge in [0.15, 0.2) is 0 Å². The highest BCUT2D eigenvalue weighted by Gasteiger charge is 2.30. The van der Waals surface area contributed by atoms with Crippen LogP contribution in [0.3, 0.4) is 0 Å². The van der Waals surface area contributed by atoms with Crippen molar-refractivity contribution in [3.05, 3.63) is 0 Å². The van der Waals surface area contributed by atoms with Crippen LogP contribution in [0, 0.1) is 16.7 Å². The third-order valence-corrected chi connectivity index (χ3v) is 1.56. The summed E-state index contributed by atoms with van der Waals surface area (Å²) in [5.74, 6) is -0.655. The Morgan fingerprint density at radius 3 is 2.50 bits per heavy atom. The van der Waals surface area contributed by atoms with E-state index in [2.05, 4.69) is 0 Å². The van der Waals surface area contributed by atoms with Gasteiger partial charge in [0, 0.05) is 0 Å². The molecule has 1 atom stereocenters. The molecule has 4 heteroatoms. The Bertz CT molecular complexity index is 173. The number of hydroxylamine groups is 1. The van der Waals surface area contributed by atoms with E-state index in [9.17, 15) is 4.79 Å². The van der Waals surface area contributed by atoms with E-state index < -0.39 is 11.3 Å². The zero-order chi connectivity index (χ0) is 8.20. The summed E-state index contributed by atoms with van der Waals surface area (Å²) in [6.07, 6.45) is 0.385. The highest BCUT2D eigenvalue weighted by atomic mass is 16.5. The molecular weight excluding hydrogens is 132 g/mol. The van der Waals surface area contributed by atoms with Crippen LogP contribution in [-0.4, -0.2) is 11.1 Å². The summed E-state index contributed by atoms with van der Waals surface area (Å²) in [4.78, 5) is 10.7. The fraction of sp³-hybridized carbons (Fsp3) is 0.667. The van der Waals surface area contributed by atoms with Crippen molar-refractivity contribution in [3.8, 4) is 6.07 Å². The minimum atomic E-state index is -1.10. The van der Waals surface area contributed by atoms with Crippen LogP contribution in [-0.2, 0) is 4.79 Å². The van der Waals surface area contributed by atoms with Gasteiger partial charge < -0.3 is 0 Å². The normalized spacial score (nSPS) is 15.0. The van der Waals surface area contributed by atoms with Gasteiger partial charge in [-0.1, -0.05) is 6.92 Å². The van der Waals surface area contributed by atoms with Crippen LogP contribution in [0.4, 0.5) is 0 Å². The second kappa shape index (κ2) is 3.18. The van der Waals surface area contributed by atoms with Gasteiger partial charge in [0.25, 0.3) is 5.91 Å². The van der Waals surface area contributed by atoms with Crippen molar-refractivity contribution in [2.75, 3.05) is 0 Å². The number of nitrogens with zero attached hydrogens (tertiary/aromatic N) is 1. The Morgan fingerprint density at radius 2 is 2.40 bits per heavy atom. The van der Waals surface area contributed by atoms with Gasteiger partial charge in [0.1, 0.15) is 5.41 Å². The Hall–Kier alpha value is -1.08. The van der Waals surface area contributed by atoms with Crippen molar-refractivity contribution < 1.29 is 10.0 Å². The van der Waals surface area contributed by atoms with Gasteiger partial charge in [0.2, 0.25) is 0 Å². The summed E-state index contributed by atoms with van der Waals surface area (Å²) < 4.78 is 0. The van der Waals surface area contributed by atoms with Crippen LogP contribution < -0.4 is 5.48 Å². The molecule has 0 rings (SSSR count). The molecule has 0 bridgehead atoms. The van der Waals surface area contributed by atoms with Crippen LogP contribution >= 0.6 is 0 Å². The lowest BCUT2D eigenvalue weighted by molar-refractivity contribution is -0.136. The average Bonchev–Trinajstić information content (AvgIpc) is 2.01. The molecule has 1 amide bonds. The van der Waals surface area contributed by atoms with Crippen molar-refractivity contribution in [1.82, 2.24) is 5.48 Å². The van der Waals surface area contributed by atoms with Crippen LogP contribution in [0.2, 0.25) is 0 Å². The van der Waals surface area contributed by atoms with E-state index in [-0.39, 0.29) is 0 Å². The first-order chi connectivity index (χ1) is 4.60. The van der Waals surface area contributed by atoms with Crippen molar-refractivity contribution >= 4 is 5.91 Å². The Balaban J connectivity index is 4.37. The molecule has 10 heavy (non-hydrogen) atoms. The molecule has 0 saturated heterocycles. The maximum atomic E-state index is 10.7. The molecule has 0 saturated carbocycles. The summed E-state index contributed by atoms with van der Waals surface area (Å²) in [6, 6.07) is 1.81. The second-order valence-electron chi connectivity index (χ2n) is 2.24. The Morgan fingerprint density at radius 1 is 1.90 bits per heavy atom. The molecule has 0 radical (unpaired) electrons. The van der Waals surface area contributed by atoms with Crippen molar-refractivity contribution in [2.24, 2.45) is 5.41 Å². The highest BCUT2D eigenvalue weighted by molar-refractivity contribution is 5.83. The summed E-state index contributed by atoms with van der Waals surface area (Å²) in [7, 11) is 0. The van der Waals surface area contributed by atoms with Gasteiger partial charge in [0.05, 0.1) is 6.07 Å². The Labute approximate surface area is 59.4 Å². The predicted octanol–water partition coefficient (Wildman–Crippen LogP) is 0.432. The fourth-order valence-electron chi connectivity index (χ4n) is 0.414. The molecule has 0 aliphatic heterocycles. The van der Waals surface area contributed by atoms with Crippen molar-refractivity contribution in [1.29, 1.82) is 5.26 Å². The van der Waals surface area contributed by atoms with Gasteiger partial charge in [-0.3, -0.25) is 10.0 Å². The van der Waals surface area contributed by atoms with E-state index in [0.29, 0.717) is 6.42 Å². The van der Waals surface area contributed by atoms with E-state index >= 15 is 0 Å². The van der Waals surface area contributed by atoms with E-state index in [1.165, 1.54) is 12.4 Å². The number of nitriles is 1. The highest BCUT2D eigenvalue weighted by Crippen LogP contribution is 2.18. The van der Waals surface area contributed by atoms with Crippen LogP contribution in [0.15, 0.2) is 0 Å². The number of rotatable bonds is 2. The van der Waals surface area contributed by atoms with Crippen LogP contribution in [0.5, 0.6) is 0 Å². The lowest BCUT2D eigenvalue weighted by Gasteiger charge is -2.14. The number of hydrogen-bond donors (Lipinski definition) is 2. The van der Waals surface area contributed by atoms with E-state index in [1.807, 2.05) is 0 Å². The fourth-order valence-corrected chi connectivity index (χ4v) is 0.414. The monoisotopic (exact) mass is 142 g/mol. The first-order valence-corrected chi connectivity index (χ1v) is 2.96. The lowest BCUT2D eigenvalue weighted by atomic mass is 9.89. The quantitative estimate of drug-likeness (QED) is 0.433. The first kappa shape index (κ1) is 8.92. The Kier molecular flexibility index (Phi) is 2.84. The van der Waals surface area contributed by atoms with Gasteiger partial charge in [-0.05, 0) is 13.3 Å². The molecule has 0 fully saturated rings. The largest absolute Gasteiger partial charge is 0.289 e. The van der Waals surface area contributed by atoms with Crippen molar-refractivity contribution in [2.45, 2.75) is 20.3 Å². The molecule has 0 aliphatic rings. The smallest absolute Gasteiger partial charge is 0.263 e. The number of carbonyl (C=O) groups excluding carboxylic acids is 1. The number of carbonyl (C=O) groups is 1. The van der Waals surface area contributed by atoms with Gasteiger partial charge >= 0.3 is 0 Å². The molecular formula is C6H10N2O2. The topological polar surface area (TPSA) is 73.1 Å². The summed E-state index contributed by atoms with van der Waals surface area (Å²) >= 11 is 0. The maximum absolute atomic E-state index is 10.7. The number of nitrogens with one attached hydrogen (secondary N) is 1. The first-order valence-electron chi connectivity index (χ1n) is 2.96. The minimum Gasteiger partial charge on any atom is -0.289 e. The second-order valence-corrected chi connectivity index (χ2v) is 2.24. The zero-order valence-corrected chi connectivity index (χ0v) is 6.01. The molecule has 0 aromatic carbocycles. The summed E-state index contributed by atoms with van der Waals surface area (Å²) in [5, 5.41) is 16.6. The molecule has 0 heterocycles. The van der Waals surface area contributed by atoms with Gasteiger partial charge in [-0.2, -0.15) is 5.26 Å². The standard InChI is InChI=1S/C6H10N2O2/c1-3-6(2,4-7)5(9)8-10/h10H,3H2,1-2H3,(H,8,9). The third kappa shape index (κ3) is 1.45. The number of amides is 1. The van der Waals surface area contributed by atoms with Gasteiger partial charge in [-0.25, -0.2) is 5.48 Å². The number of hydrogen-bond acceptors (Lipinski definition) is 3. The van der Waals surface area contributed by atoms with E-state index in [4.69, 9.17) is 10.5 Å². The molecule has 0 aromatic heterocycles. The average molecular weight is 142 g/mol. The molecule has 1 unspecified atom stereocenters. The van der Waals surface area contributed by atoms with Crippen LogP contribution in [0.25, 0.3) is 0 Å². The van der Waals surface area contributed by atoms with Gasteiger partial charge in [-0.15, -0.1) is 0 Å². The molecule has 56 valence electrons. The summed E-state index contributed by atoms with van der Waals surface area (Å²) in [5.41, 5.74) is 0.344. The summed E-state index contributed by atoms with van der Waals surface area (Å²) in [6.45, 7) is 3.18. The molecule has 0 aliphatic carbocycles. The van der Waals surface area contributed by atoms with Crippen molar-refractivity contribution in [3.63, 3.8) is 0 Å². The van der Waals surface area contributed by atoms with Crippen LogP contribution in [0.1, 0.15) is 20.3 Å². The van der Waals surface area contributed by atoms with E-state index in [0.717, 1.165) is 0 Å². The predicted molar refractivity (Wildman–Crippen MR) is 33.9 cm³/mol. The minimum absolute atomic E-state index is 0.385. The molecule has 0 spiro atoms. The molecule has 2 N–H and O–H groups in total. The molecule has 4 nitrogen and oxygen atoms in total.